The Morgan fingerprint density at radius 2 is 1.82 bits per heavy atom. The summed E-state index contributed by atoms with van der Waals surface area (Å²) >= 11 is 0. The third kappa shape index (κ3) is 3.44. The topological polar surface area (TPSA) is 81.7 Å². The molecule has 0 saturated carbocycles. The quantitative estimate of drug-likeness (QED) is 0.543. The lowest BCUT2D eigenvalue weighted by Gasteiger charge is -2.19. The van der Waals surface area contributed by atoms with Gasteiger partial charge in [-0.2, -0.15) is 0 Å². The van der Waals surface area contributed by atoms with Gasteiger partial charge in [-0.3, -0.25) is 14.4 Å². The fourth-order valence-corrected chi connectivity index (χ4v) is 1.78. The van der Waals surface area contributed by atoms with Crippen LogP contribution in [0.15, 0.2) is 0 Å². The third-order valence-electron chi connectivity index (χ3n) is 2.51. The van der Waals surface area contributed by atoms with Crippen molar-refractivity contribution in [2.45, 2.75) is 32.7 Å². The molecule has 0 aromatic rings. The first-order valence-corrected chi connectivity index (χ1v) is 5.72. The molecule has 1 atom stereocenters. The summed E-state index contributed by atoms with van der Waals surface area (Å²) in [5.74, 6) is -2.49. The zero-order valence-corrected chi connectivity index (χ0v) is 10.0. The highest BCUT2D eigenvalue weighted by atomic mass is 16.6. The lowest BCUT2D eigenvalue weighted by Crippen LogP contribution is -2.43. The van der Waals surface area contributed by atoms with Crippen LogP contribution < -0.4 is 5.32 Å². The Morgan fingerprint density at radius 3 is 2.18 bits per heavy atom. The average molecular weight is 243 g/mol. The Hall–Kier alpha value is -1.59. The molecule has 1 heterocycles. The summed E-state index contributed by atoms with van der Waals surface area (Å²) in [6, 6.07) is -0.513. The summed E-state index contributed by atoms with van der Waals surface area (Å²) in [4.78, 5) is 34.5. The number of esters is 2. The van der Waals surface area contributed by atoms with E-state index in [9.17, 15) is 14.4 Å². The van der Waals surface area contributed by atoms with Gasteiger partial charge in [-0.15, -0.1) is 0 Å². The molecule has 96 valence electrons. The van der Waals surface area contributed by atoms with E-state index >= 15 is 0 Å². The average Bonchev–Trinajstić information content (AvgIpc) is 2.66. The van der Waals surface area contributed by atoms with Gasteiger partial charge in [-0.05, 0) is 20.3 Å². The van der Waals surface area contributed by atoms with E-state index in [1.165, 1.54) is 0 Å². The minimum Gasteiger partial charge on any atom is -0.465 e. The van der Waals surface area contributed by atoms with Gasteiger partial charge in [0.15, 0.2) is 5.92 Å². The van der Waals surface area contributed by atoms with Crippen molar-refractivity contribution >= 4 is 17.8 Å². The molecular formula is C11H17NO5. The largest absolute Gasteiger partial charge is 0.465 e. The molecule has 1 aliphatic heterocycles. The van der Waals surface area contributed by atoms with Crippen LogP contribution in [0, 0.1) is 5.92 Å². The highest BCUT2D eigenvalue weighted by molar-refractivity contribution is 5.97. The smallest absolute Gasteiger partial charge is 0.322 e. The highest BCUT2D eigenvalue weighted by Crippen LogP contribution is 2.19. The predicted octanol–water partition coefficient (Wildman–Crippen LogP) is 0.00740. The van der Waals surface area contributed by atoms with Crippen LogP contribution in [0.3, 0.4) is 0 Å². The molecule has 1 amide bonds. The molecule has 0 bridgehead atoms. The molecule has 0 spiro atoms. The van der Waals surface area contributed by atoms with Crippen molar-refractivity contribution in [2.75, 3.05) is 13.2 Å². The van der Waals surface area contributed by atoms with Gasteiger partial charge >= 0.3 is 11.9 Å². The lowest BCUT2D eigenvalue weighted by atomic mass is 9.98. The van der Waals surface area contributed by atoms with Crippen LogP contribution in [0.5, 0.6) is 0 Å². The van der Waals surface area contributed by atoms with Crippen molar-refractivity contribution in [3.8, 4) is 0 Å². The van der Waals surface area contributed by atoms with Crippen molar-refractivity contribution in [3.63, 3.8) is 0 Å². The van der Waals surface area contributed by atoms with Crippen molar-refractivity contribution in [1.82, 2.24) is 5.32 Å². The van der Waals surface area contributed by atoms with Gasteiger partial charge < -0.3 is 14.8 Å². The first-order chi connectivity index (χ1) is 8.10. The Labute approximate surface area is 99.6 Å². The fourth-order valence-electron chi connectivity index (χ4n) is 1.78. The third-order valence-corrected chi connectivity index (χ3v) is 2.51. The molecular weight excluding hydrogens is 226 g/mol. The first-order valence-electron chi connectivity index (χ1n) is 5.72. The molecule has 1 aliphatic rings. The van der Waals surface area contributed by atoms with E-state index in [0.29, 0.717) is 12.8 Å². The second-order valence-corrected chi connectivity index (χ2v) is 3.69. The summed E-state index contributed by atoms with van der Waals surface area (Å²) in [7, 11) is 0. The van der Waals surface area contributed by atoms with Gasteiger partial charge in [-0.1, -0.05) is 0 Å². The molecule has 0 aliphatic carbocycles. The minimum atomic E-state index is -1.05. The van der Waals surface area contributed by atoms with E-state index in [1.807, 2.05) is 0 Å². The zero-order chi connectivity index (χ0) is 12.8. The molecule has 1 N–H and O–H groups in total. The maximum Gasteiger partial charge on any atom is 0.322 e. The summed E-state index contributed by atoms with van der Waals surface area (Å²) in [5, 5.41) is 2.59. The van der Waals surface area contributed by atoms with Crippen LogP contribution >= 0.6 is 0 Å². The molecule has 1 rings (SSSR count). The van der Waals surface area contributed by atoms with Crippen molar-refractivity contribution in [3.05, 3.63) is 0 Å². The molecule has 6 heteroatoms. The van der Waals surface area contributed by atoms with E-state index in [4.69, 9.17) is 9.47 Å². The van der Waals surface area contributed by atoms with Crippen LogP contribution in [0.2, 0.25) is 0 Å². The minimum absolute atomic E-state index is 0.159. The standard InChI is InChI=1S/C11H17NO5/c1-3-16-10(14)9(11(15)17-4-2)7-5-6-8(13)12-7/h7,9H,3-6H2,1-2H3,(H,12,13). The lowest BCUT2D eigenvalue weighted by molar-refractivity contribution is -0.162. The Kier molecular flexibility index (Phi) is 4.93. The summed E-state index contributed by atoms with van der Waals surface area (Å²) < 4.78 is 9.66. The highest BCUT2D eigenvalue weighted by Gasteiger charge is 2.40. The monoisotopic (exact) mass is 243 g/mol. The summed E-state index contributed by atoms with van der Waals surface area (Å²) in [5.41, 5.74) is 0. The van der Waals surface area contributed by atoms with E-state index in [-0.39, 0.29) is 19.1 Å². The second kappa shape index (κ2) is 6.22. The SMILES string of the molecule is CCOC(=O)C(C(=O)OCC)C1CCC(=O)N1. The zero-order valence-electron chi connectivity index (χ0n) is 10.0. The first kappa shape index (κ1) is 13.5. The van der Waals surface area contributed by atoms with Gasteiger partial charge in [0.25, 0.3) is 0 Å². The normalized spacial score (nSPS) is 19.0. The van der Waals surface area contributed by atoms with E-state index in [2.05, 4.69) is 5.32 Å². The number of nitrogens with one attached hydrogen (secondary N) is 1. The van der Waals surface area contributed by atoms with E-state index in [0.717, 1.165) is 0 Å². The fraction of sp³-hybridized carbons (Fsp3) is 0.727. The number of carbonyl (C=O) groups is 3. The number of carbonyl (C=O) groups excluding carboxylic acids is 3. The van der Waals surface area contributed by atoms with Crippen LogP contribution in [0.4, 0.5) is 0 Å². The van der Waals surface area contributed by atoms with Gasteiger partial charge in [0.05, 0.1) is 19.3 Å². The number of hydrogen-bond acceptors (Lipinski definition) is 5. The van der Waals surface area contributed by atoms with Crippen LogP contribution in [0.25, 0.3) is 0 Å². The van der Waals surface area contributed by atoms with E-state index in [1.54, 1.807) is 13.8 Å². The van der Waals surface area contributed by atoms with Gasteiger partial charge in [-0.25, -0.2) is 0 Å². The van der Waals surface area contributed by atoms with Crippen molar-refractivity contribution in [1.29, 1.82) is 0 Å². The van der Waals surface area contributed by atoms with E-state index < -0.39 is 23.9 Å². The maximum absolute atomic E-state index is 11.7. The Bertz CT molecular complexity index is 297. The molecule has 0 aromatic heterocycles. The molecule has 6 nitrogen and oxygen atoms in total. The van der Waals surface area contributed by atoms with Crippen LogP contribution in [-0.4, -0.2) is 37.1 Å². The van der Waals surface area contributed by atoms with Gasteiger partial charge in [0.2, 0.25) is 5.91 Å². The maximum atomic E-state index is 11.7. The molecule has 0 aromatic carbocycles. The molecule has 1 fully saturated rings. The molecule has 1 unspecified atom stereocenters. The molecule has 0 radical (unpaired) electrons. The van der Waals surface area contributed by atoms with Crippen molar-refractivity contribution < 1.29 is 23.9 Å². The Morgan fingerprint density at radius 1 is 1.29 bits per heavy atom. The predicted molar refractivity (Wildman–Crippen MR) is 57.9 cm³/mol. The molecule has 17 heavy (non-hydrogen) atoms. The number of ether oxygens (including phenoxy) is 2. The number of rotatable bonds is 5. The second-order valence-electron chi connectivity index (χ2n) is 3.69. The summed E-state index contributed by atoms with van der Waals surface area (Å²) in [6.45, 7) is 3.70. The summed E-state index contributed by atoms with van der Waals surface area (Å²) in [6.07, 6.45) is 0.765. The van der Waals surface area contributed by atoms with Gasteiger partial charge in [0, 0.05) is 6.42 Å². The van der Waals surface area contributed by atoms with Crippen molar-refractivity contribution in [2.24, 2.45) is 5.92 Å². The Balaban J connectivity index is 2.74. The van der Waals surface area contributed by atoms with Gasteiger partial charge in [0.1, 0.15) is 0 Å². The number of amides is 1. The molecule has 1 saturated heterocycles. The van der Waals surface area contributed by atoms with Crippen LogP contribution in [0.1, 0.15) is 26.7 Å². The van der Waals surface area contributed by atoms with Crippen LogP contribution in [-0.2, 0) is 23.9 Å². The number of hydrogen-bond donors (Lipinski definition) is 1.